The summed E-state index contributed by atoms with van der Waals surface area (Å²) >= 11 is 0. The average Bonchev–Trinajstić information content (AvgIpc) is 2.33. The second kappa shape index (κ2) is 6.24. The van der Waals surface area contributed by atoms with E-state index in [1.54, 1.807) is 24.3 Å². The van der Waals surface area contributed by atoms with Crippen LogP contribution in [0.4, 0.5) is 0 Å². The van der Waals surface area contributed by atoms with Gasteiger partial charge in [-0.15, -0.1) is 0 Å². The van der Waals surface area contributed by atoms with Crippen LogP contribution in [0.1, 0.15) is 42.5 Å². The van der Waals surface area contributed by atoms with Gasteiger partial charge in [0.15, 0.2) is 0 Å². The topological polar surface area (TPSA) is 46.5 Å². The van der Waals surface area contributed by atoms with Gasteiger partial charge in [-0.25, -0.2) is 4.79 Å². The molecule has 0 heterocycles. The molecule has 0 amide bonds. The number of benzene rings is 1. The number of ether oxygens (including phenoxy) is 1. The maximum absolute atomic E-state index is 10.7. The zero-order valence-electron chi connectivity index (χ0n) is 10.3. The number of carboxylic acid groups (broad SMARTS) is 1. The van der Waals surface area contributed by atoms with Crippen molar-refractivity contribution < 1.29 is 14.6 Å². The number of allylic oxidation sites excluding steroid dienone is 2. The Bertz CT molecular complexity index is 420. The lowest BCUT2D eigenvalue weighted by molar-refractivity contribution is 0.0697. The highest BCUT2D eigenvalue weighted by molar-refractivity contribution is 5.87. The zero-order chi connectivity index (χ0) is 12.8. The van der Waals surface area contributed by atoms with Crippen LogP contribution in [0.2, 0.25) is 0 Å². The van der Waals surface area contributed by atoms with Crippen molar-refractivity contribution in [3.8, 4) is 5.75 Å². The van der Waals surface area contributed by atoms with Gasteiger partial charge in [0.1, 0.15) is 5.75 Å². The molecule has 18 heavy (non-hydrogen) atoms. The van der Waals surface area contributed by atoms with Crippen molar-refractivity contribution >= 4 is 5.97 Å². The van der Waals surface area contributed by atoms with Crippen LogP contribution in [0, 0.1) is 0 Å². The normalized spacial score (nSPS) is 21.7. The number of carbonyl (C=O) groups is 1. The minimum absolute atomic E-state index is 0.241. The van der Waals surface area contributed by atoms with E-state index in [0.29, 0.717) is 5.56 Å². The van der Waals surface area contributed by atoms with Crippen LogP contribution >= 0.6 is 0 Å². The number of aromatic carboxylic acids is 1. The highest BCUT2D eigenvalue weighted by atomic mass is 16.5. The Balaban J connectivity index is 1.95. The quantitative estimate of drug-likeness (QED) is 0.828. The van der Waals surface area contributed by atoms with Crippen molar-refractivity contribution in [1.82, 2.24) is 0 Å². The summed E-state index contributed by atoms with van der Waals surface area (Å²) in [6.45, 7) is 0. The molecule has 0 aliphatic heterocycles. The number of rotatable bonds is 3. The smallest absolute Gasteiger partial charge is 0.335 e. The monoisotopic (exact) mass is 246 g/mol. The molecule has 0 fully saturated rings. The molecule has 1 unspecified atom stereocenters. The fourth-order valence-electron chi connectivity index (χ4n) is 2.11. The van der Waals surface area contributed by atoms with Gasteiger partial charge in [0.25, 0.3) is 0 Å². The first kappa shape index (κ1) is 12.7. The Morgan fingerprint density at radius 1 is 1.11 bits per heavy atom. The first-order valence-electron chi connectivity index (χ1n) is 6.41. The van der Waals surface area contributed by atoms with E-state index in [1.807, 2.05) is 0 Å². The molecular formula is C15H18O3. The molecule has 1 N–H and O–H groups in total. The van der Waals surface area contributed by atoms with Gasteiger partial charge in [-0.2, -0.15) is 0 Å². The van der Waals surface area contributed by atoms with Crippen LogP contribution in [-0.4, -0.2) is 17.2 Å². The summed E-state index contributed by atoms with van der Waals surface area (Å²) < 4.78 is 5.90. The van der Waals surface area contributed by atoms with Gasteiger partial charge in [-0.1, -0.05) is 12.2 Å². The van der Waals surface area contributed by atoms with Crippen LogP contribution in [0.25, 0.3) is 0 Å². The lowest BCUT2D eigenvalue weighted by Crippen LogP contribution is -2.17. The third-order valence-electron chi connectivity index (χ3n) is 3.12. The van der Waals surface area contributed by atoms with Crippen molar-refractivity contribution in [3.63, 3.8) is 0 Å². The van der Waals surface area contributed by atoms with E-state index in [1.165, 1.54) is 0 Å². The zero-order valence-corrected chi connectivity index (χ0v) is 10.3. The third kappa shape index (κ3) is 3.62. The Labute approximate surface area is 107 Å². The van der Waals surface area contributed by atoms with Gasteiger partial charge in [0, 0.05) is 0 Å². The highest BCUT2D eigenvalue weighted by Gasteiger charge is 2.11. The molecule has 3 nitrogen and oxygen atoms in total. The molecule has 96 valence electrons. The van der Waals surface area contributed by atoms with Gasteiger partial charge in [-0.05, 0) is 56.4 Å². The van der Waals surface area contributed by atoms with Crippen LogP contribution in [0.15, 0.2) is 36.4 Å². The predicted molar refractivity (Wildman–Crippen MR) is 70.0 cm³/mol. The minimum Gasteiger partial charge on any atom is -0.490 e. The van der Waals surface area contributed by atoms with Crippen LogP contribution < -0.4 is 4.74 Å². The molecule has 2 rings (SSSR count). The fraction of sp³-hybridized carbons (Fsp3) is 0.400. The second-order valence-corrected chi connectivity index (χ2v) is 4.55. The molecule has 0 radical (unpaired) electrons. The summed E-state index contributed by atoms with van der Waals surface area (Å²) in [5.74, 6) is -0.146. The standard InChI is InChI=1S/C15H18O3/c16-15(17)12-8-10-14(11-9-12)18-13-6-4-2-1-3-5-7-13/h1-2,8-11,13H,3-7H2,(H,16,17)/b2-1+. The van der Waals surface area contributed by atoms with Crippen LogP contribution in [-0.2, 0) is 0 Å². The number of hydrogen-bond donors (Lipinski definition) is 1. The first-order valence-corrected chi connectivity index (χ1v) is 6.41. The molecule has 1 aromatic carbocycles. The van der Waals surface area contributed by atoms with Crippen molar-refractivity contribution in [3.05, 3.63) is 42.0 Å². The third-order valence-corrected chi connectivity index (χ3v) is 3.12. The molecule has 0 bridgehead atoms. The highest BCUT2D eigenvalue weighted by Crippen LogP contribution is 2.20. The van der Waals surface area contributed by atoms with Crippen molar-refractivity contribution in [1.29, 1.82) is 0 Å². The van der Waals surface area contributed by atoms with Gasteiger partial charge in [-0.3, -0.25) is 0 Å². The van der Waals surface area contributed by atoms with E-state index in [9.17, 15) is 4.79 Å². The van der Waals surface area contributed by atoms with Crippen LogP contribution in [0.5, 0.6) is 5.75 Å². The molecule has 1 atom stereocenters. The van der Waals surface area contributed by atoms with E-state index in [0.717, 1.165) is 37.9 Å². The molecule has 0 saturated carbocycles. The Kier molecular flexibility index (Phi) is 4.40. The fourth-order valence-corrected chi connectivity index (χ4v) is 2.11. The minimum atomic E-state index is -0.905. The summed E-state index contributed by atoms with van der Waals surface area (Å²) in [6, 6.07) is 6.64. The van der Waals surface area contributed by atoms with E-state index >= 15 is 0 Å². The summed E-state index contributed by atoms with van der Waals surface area (Å²) in [5.41, 5.74) is 0.294. The summed E-state index contributed by atoms with van der Waals surface area (Å²) in [7, 11) is 0. The Morgan fingerprint density at radius 3 is 2.56 bits per heavy atom. The summed E-state index contributed by atoms with van der Waals surface area (Å²) in [6.07, 6.45) is 10.1. The van der Waals surface area contributed by atoms with Crippen molar-refractivity contribution in [2.75, 3.05) is 0 Å². The predicted octanol–water partition coefficient (Wildman–Crippen LogP) is 3.65. The molecule has 1 aliphatic rings. The average molecular weight is 246 g/mol. The molecule has 1 aromatic rings. The van der Waals surface area contributed by atoms with Crippen LogP contribution in [0.3, 0.4) is 0 Å². The van der Waals surface area contributed by atoms with Crippen molar-refractivity contribution in [2.24, 2.45) is 0 Å². The van der Waals surface area contributed by atoms with E-state index < -0.39 is 5.97 Å². The molecule has 0 spiro atoms. The van der Waals surface area contributed by atoms with Gasteiger partial charge in [0.2, 0.25) is 0 Å². The van der Waals surface area contributed by atoms with Gasteiger partial charge in [0.05, 0.1) is 11.7 Å². The summed E-state index contributed by atoms with van der Waals surface area (Å²) in [4.78, 5) is 10.7. The van der Waals surface area contributed by atoms with E-state index in [-0.39, 0.29) is 6.10 Å². The SMILES string of the molecule is O=C(O)c1ccc(OC2CC/C=C/CCC2)cc1. The molecule has 0 aromatic heterocycles. The Hall–Kier alpha value is -1.77. The maximum Gasteiger partial charge on any atom is 0.335 e. The van der Waals surface area contributed by atoms with Crippen molar-refractivity contribution in [2.45, 2.75) is 38.2 Å². The lowest BCUT2D eigenvalue weighted by atomic mass is 10.0. The molecular weight excluding hydrogens is 228 g/mol. The number of carboxylic acids is 1. The second-order valence-electron chi connectivity index (χ2n) is 4.55. The van der Waals surface area contributed by atoms with E-state index in [2.05, 4.69) is 12.2 Å². The van der Waals surface area contributed by atoms with Gasteiger partial charge < -0.3 is 9.84 Å². The molecule has 1 aliphatic carbocycles. The molecule has 3 heteroatoms. The van der Waals surface area contributed by atoms with Gasteiger partial charge >= 0.3 is 5.97 Å². The largest absolute Gasteiger partial charge is 0.490 e. The molecule has 0 saturated heterocycles. The lowest BCUT2D eigenvalue weighted by Gasteiger charge is -2.19. The maximum atomic E-state index is 10.7. The number of hydrogen-bond acceptors (Lipinski definition) is 2. The Morgan fingerprint density at radius 2 is 1.83 bits per heavy atom. The van der Waals surface area contributed by atoms with E-state index in [4.69, 9.17) is 9.84 Å². The summed E-state index contributed by atoms with van der Waals surface area (Å²) in [5, 5.41) is 8.82. The first-order chi connectivity index (χ1) is 8.75.